The molecule has 0 fully saturated rings. The maximum Gasteiger partial charge on any atom is 0.269 e. The molecule has 1 heterocycles. The van der Waals surface area contributed by atoms with Crippen molar-refractivity contribution in [3.8, 4) is 0 Å². The summed E-state index contributed by atoms with van der Waals surface area (Å²) in [6.45, 7) is 1.88. The third-order valence-electron chi connectivity index (χ3n) is 2.94. The van der Waals surface area contributed by atoms with Gasteiger partial charge in [-0.3, -0.25) is 4.79 Å². The molecule has 0 unspecified atom stereocenters. The summed E-state index contributed by atoms with van der Waals surface area (Å²) >= 11 is 12.4. The zero-order valence-electron chi connectivity index (χ0n) is 11.0. The second kappa shape index (κ2) is 5.91. The number of thiophene rings is 1. The number of carbonyl (C=O) groups is 1. The number of amides is 1. The normalized spacial score (nSPS) is 10.3. The minimum absolute atomic E-state index is 0.129. The van der Waals surface area contributed by atoms with Crippen molar-refractivity contribution in [3.63, 3.8) is 0 Å². The van der Waals surface area contributed by atoms with Gasteiger partial charge in [-0.25, -0.2) is 0 Å². The first-order chi connectivity index (χ1) is 9.41. The quantitative estimate of drug-likeness (QED) is 0.877. The number of rotatable bonds is 3. The van der Waals surface area contributed by atoms with E-state index in [4.69, 9.17) is 29.6 Å². The first-order valence-electron chi connectivity index (χ1n) is 5.83. The van der Waals surface area contributed by atoms with Crippen molar-refractivity contribution in [3.05, 3.63) is 50.7 Å². The van der Waals surface area contributed by atoms with E-state index in [9.17, 15) is 4.79 Å². The maximum absolute atomic E-state index is 12.4. The monoisotopic (exact) mass is 324 g/mol. The molecule has 0 radical (unpaired) electrons. The second-order valence-corrected chi connectivity index (χ2v) is 6.03. The molecule has 0 saturated carbocycles. The van der Waals surface area contributed by atoms with Crippen molar-refractivity contribution in [2.24, 2.45) is 5.73 Å². The highest BCUT2D eigenvalue weighted by Gasteiger charge is 2.19. The molecular weight excluding hydrogens is 312 g/mol. The zero-order chi connectivity index (χ0) is 14.9. The lowest BCUT2D eigenvalue weighted by Crippen LogP contribution is -2.25. The van der Waals surface area contributed by atoms with Gasteiger partial charge in [0.05, 0.1) is 5.02 Å². The minimum atomic E-state index is -0.129. The molecule has 1 aromatic heterocycles. The summed E-state index contributed by atoms with van der Waals surface area (Å²) in [6, 6.07) is 7.20. The van der Waals surface area contributed by atoms with Crippen LogP contribution >= 0.6 is 35.2 Å². The summed E-state index contributed by atoms with van der Waals surface area (Å²) in [5.74, 6) is -0.129. The van der Waals surface area contributed by atoms with E-state index in [1.54, 1.807) is 36.2 Å². The Morgan fingerprint density at radius 1 is 1.35 bits per heavy atom. The van der Waals surface area contributed by atoms with E-state index in [-0.39, 0.29) is 5.91 Å². The van der Waals surface area contributed by atoms with Gasteiger partial charge in [0.1, 0.15) is 9.87 Å². The third-order valence-corrected chi connectivity index (χ3v) is 4.86. The van der Waals surface area contributed by atoms with Crippen molar-refractivity contribution in [2.45, 2.75) is 6.92 Å². The average Bonchev–Trinajstić information content (AvgIpc) is 2.77. The molecule has 0 saturated heterocycles. The largest absolute Gasteiger partial charge is 0.389 e. The highest BCUT2D eigenvalue weighted by Crippen LogP contribution is 2.29. The Morgan fingerprint density at radius 2 is 1.95 bits per heavy atom. The summed E-state index contributed by atoms with van der Waals surface area (Å²) in [6.07, 6.45) is 0. The Bertz CT molecular complexity index is 664. The van der Waals surface area contributed by atoms with Crippen molar-refractivity contribution in [1.29, 1.82) is 0 Å². The highest BCUT2D eigenvalue weighted by molar-refractivity contribution is 7.80. The number of nitrogens with zero attached hydrogens (tertiary/aromatic N) is 1. The standard InChI is InChI=1S/C14H13ClN2OS2/c1-8-7-20-12(11(8)15)14(18)17(2)10-5-3-9(4-6-10)13(16)19/h3-7H,1-2H3,(H2,16,19). The number of benzene rings is 1. The molecule has 3 nitrogen and oxygen atoms in total. The van der Waals surface area contributed by atoms with Crippen LogP contribution in [0.5, 0.6) is 0 Å². The molecule has 0 aliphatic carbocycles. The molecule has 1 aromatic carbocycles. The number of carbonyl (C=O) groups excluding carboxylic acids is 1. The van der Waals surface area contributed by atoms with Gasteiger partial charge in [0.2, 0.25) is 0 Å². The van der Waals surface area contributed by atoms with Crippen LogP contribution in [0.25, 0.3) is 0 Å². The average molecular weight is 325 g/mol. The number of anilines is 1. The van der Waals surface area contributed by atoms with E-state index in [1.165, 1.54) is 11.3 Å². The fourth-order valence-electron chi connectivity index (χ4n) is 1.69. The summed E-state index contributed by atoms with van der Waals surface area (Å²) in [4.78, 5) is 14.8. The molecule has 2 aromatic rings. The van der Waals surface area contributed by atoms with Crippen LogP contribution in [0.3, 0.4) is 0 Å². The van der Waals surface area contributed by atoms with Gasteiger partial charge < -0.3 is 10.6 Å². The summed E-state index contributed by atoms with van der Waals surface area (Å²) < 4.78 is 0. The number of thiocarbonyl (C=S) groups is 1. The minimum Gasteiger partial charge on any atom is -0.389 e. The molecule has 0 aliphatic heterocycles. The van der Waals surface area contributed by atoms with Crippen LogP contribution < -0.4 is 10.6 Å². The van der Waals surface area contributed by atoms with Crippen molar-refractivity contribution in [1.82, 2.24) is 0 Å². The van der Waals surface area contributed by atoms with E-state index in [0.29, 0.717) is 14.9 Å². The number of nitrogens with two attached hydrogens (primary N) is 1. The van der Waals surface area contributed by atoms with Crippen molar-refractivity contribution < 1.29 is 4.79 Å². The van der Waals surface area contributed by atoms with Gasteiger partial charge in [0, 0.05) is 18.3 Å². The van der Waals surface area contributed by atoms with Crippen LogP contribution in [0.2, 0.25) is 5.02 Å². The van der Waals surface area contributed by atoms with Gasteiger partial charge in [-0.15, -0.1) is 11.3 Å². The lowest BCUT2D eigenvalue weighted by atomic mass is 10.2. The smallest absolute Gasteiger partial charge is 0.269 e. The summed E-state index contributed by atoms with van der Waals surface area (Å²) in [5, 5.41) is 2.39. The first-order valence-corrected chi connectivity index (χ1v) is 7.50. The predicted molar refractivity (Wildman–Crippen MR) is 89.1 cm³/mol. The van der Waals surface area contributed by atoms with E-state index in [1.807, 2.05) is 12.3 Å². The topological polar surface area (TPSA) is 46.3 Å². The Balaban J connectivity index is 2.26. The molecule has 1 amide bonds. The predicted octanol–water partition coefficient (Wildman–Crippen LogP) is 3.62. The summed E-state index contributed by atoms with van der Waals surface area (Å²) in [5.41, 5.74) is 8.00. The van der Waals surface area contributed by atoms with Crippen LogP contribution in [0.15, 0.2) is 29.6 Å². The van der Waals surface area contributed by atoms with E-state index in [2.05, 4.69) is 0 Å². The van der Waals surface area contributed by atoms with Gasteiger partial charge in [-0.05, 0) is 42.1 Å². The lowest BCUT2D eigenvalue weighted by Gasteiger charge is -2.17. The van der Waals surface area contributed by atoms with Gasteiger partial charge in [0.15, 0.2) is 0 Å². The highest BCUT2D eigenvalue weighted by atomic mass is 35.5. The maximum atomic E-state index is 12.4. The number of halogens is 1. The molecular formula is C14H13ClN2OS2. The summed E-state index contributed by atoms with van der Waals surface area (Å²) in [7, 11) is 1.71. The number of hydrogen-bond acceptors (Lipinski definition) is 3. The fourth-order valence-corrected chi connectivity index (χ4v) is 3.08. The molecule has 0 bridgehead atoms. The van der Waals surface area contributed by atoms with Crippen LogP contribution in [-0.2, 0) is 0 Å². The molecule has 2 rings (SSSR count). The number of hydrogen-bond donors (Lipinski definition) is 1. The molecule has 6 heteroatoms. The van der Waals surface area contributed by atoms with Crippen LogP contribution in [-0.4, -0.2) is 17.9 Å². The van der Waals surface area contributed by atoms with Crippen molar-refractivity contribution in [2.75, 3.05) is 11.9 Å². The first kappa shape index (κ1) is 15.0. The second-order valence-electron chi connectivity index (χ2n) is 4.34. The molecule has 0 aliphatic rings. The SMILES string of the molecule is Cc1csc(C(=O)N(C)c2ccc(C(N)=S)cc2)c1Cl. The molecule has 0 spiro atoms. The Hall–Kier alpha value is -1.43. The molecule has 0 atom stereocenters. The zero-order valence-corrected chi connectivity index (χ0v) is 13.4. The van der Waals surface area contributed by atoms with E-state index >= 15 is 0 Å². The van der Waals surface area contributed by atoms with Gasteiger partial charge in [0.25, 0.3) is 5.91 Å². The van der Waals surface area contributed by atoms with Gasteiger partial charge >= 0.3 is 0 Å². The molecule has 104 valence electrons. The molecule has 20 heavy (non-hydrogen) atoms. The van der Waals surface area contributed by atoms with Crippen molar-refractivity contribution >= 4 is 51.7 Å². The van der Waals surface area contributed by atoms with Gasteiger partial charge in [-0.1, -0.05) is 23.8 Å². The fraction of sp³-hybridized carbons (Fsp3) is 0.143. The van der Waals surface area contributed by atoms with Crippen LogP contribution in [0, 0.1) is 6.92 Å². The van der Waals surface area contributed by atoms with Crippen LogP contribution in [0.4, 0.5) is 5.69 Å². The molecule has 2 N–H and O–H groups in total. The third kappa shape index (κ3) is 2.85. The Morgan fingerprint density at radius 3 is 2.40 bits per heavy atom. The Labute approximate surface area is 132 Å². The lowest BCUT2D eigenvalue weighted by molar-refractivity contribution is 0.0997. The van der Waals surface area contributed by atoms with Crippen LogP contribution in [0.1, 0.15) is 20.8 Å². The van der Waals surface area contributed by atoms with E-state index in [0.717, 1.165) is 16.8 Å². The van der Waals surface area contributed by atoms with Gasteiger partial charge in [-0.2, -0.15) is 0 Å². The Kier molecular flexibility index (Phi) is 4.42. The number of aryl methyl sites for hydroxylation is 1. The van der Waals surface area contributed by atoms with E-state index < -0.39 is 0 Å².